The number of hydrogen-bond donors (Lipinski definition) is 3. The van der Waals surface area contributed by atoms with Crippen molar-refractivity contribution >= 4 is 38.5 Å². The van der Waals surface area contributed by atoms with Crippen molar-refractivity contribution in [3.8, 4) is 11.1 Å². The Morgan fingerprint density at radius 1 is 1.20 bits per heavy atom. The summed E-state index contributed by atoms with van der Waals surface area (Å²) in [5.41, 5.74) is 13.5. The lowest BCUT2D eigenvalue weighted by molar-refractivity contribution is 0.0697. The number of aromatic carboxylic acids is 1. The second-order valence-corrected chi connectivity index (χ2v) is 5.26. The lowest BCUT2D eigenvalue weighted by Crippen LogP contribution is -2.04. The zero-order chi connectivity index (χ0) is 14.3. The minimum Gasteiger partial charge on any atom is -0.478 e. The third-order valence-corrected chi connectivity index (χ3v) is 3.73. The van der Waals surface area contributed by atoms with Crippen LogP contribution in [0.5, 0.6) is 0 Å². The highest BCUT2D eigenvalue weighted by molar-refractivity contribution is 7.22. The third-order valence-electron chi connectivity index (χ3n) is 2.89. The molecule has 3 rings (SSSR count). The Labute approximate surface area is 117 Å². The van der Waals surface area contributed by atoms with Gasteiger partial charge in [-0.3, -0.25) is 0 Å². The van der Waals surface area contributed by atoms with Gasteiger partial charge in [0, 0.05) is 11.8 Å². The van der Waals surface area contributed by atoms with Crippen LogP contribution in [-0.4, -0.2) is 21.0 Å². The van der Waals surface area contributed by atoms with E-state index in [0.717, 1.165) is 15.8 Å². The molecular weight excluding hydrogens is 276 g/mol. The number of aromatic nitrogens is 2. The second-order valence-electron chi connectivity index (χ2n) is 4.20. The monoisotopic (exact) mass is 286 g/mol. The summed E-state index contributed by atoms with van der Waals surface area (Å²) in [5.74, 6) is -1.09. The molecule has 0 saturated heterocycles. The molecule has 2 aromatic heterocycles. The summed E-state index contributed by atoms with van der Waals surface area (Å²) in [7, 11) is 0. The molecule has 0 radical (unpaired) electrons. The highest BCUT2D eigenvalue weighted by atomic mass is 32.1. The van der Waals surface area contributed by atoms with E-state index in [2.05, 4.69) is 9.97 Å². The van der Waals surface area contributed by atoms with Crippen molar-refractivity contribution in [3.63, 3.8) is 0 Å². The Balaban J connectivity index is 2.14. The Hall–Kier alpha value is -2.67. The van der Waals surface area contributed by atoms with Gasteiger partial charge in [0.15, 0.2) is 5.13 Å². The summed E-state index contributed by atoms with van der Waals surface area (Å²) in [6.07, 6.45) is 1.55. The first kappa shape index (κ1) is 12.4. The van der Waals surface area contributed by atoms with Crippen LogP contribution in [0.25, 0.3) is 21.3 Å². The molecule has 100 valence electrons. The largest absolute Gasteiger partial charge is 0.478 e. The van der Waals surface area contributed by atoms with Gasteiger partial charge in [0.05, 0.1) is 10.2 Å². The summed E-state index contributed by atoms with van der Waals surface area (Å²) in [6.45, 7) is 0. The first-order chi connectivity index (χ1) is 9.54. The highest BCUT2D eigenvalue weighted by Gasteiger charge is 2.11. The lowest BCUT2D eigenvalue weighted by atomic mass is 10.1. The maximum Gasteiger partial charge on any atom is 0.339 e. The number of carboxylic acid groups (broad SMARTS) is 1. The van der Waals surface area contributed by atoms with Gasteiger partial charge in [-0.2, -0.15) is 0 Å². The van der Waals surface area contributed by atoms with Crippen LogP contribution < -0.4 is 11.5 Å². The average Bonchev–Trinajstić information content (AvgIpc) is 2.78. The summed E-state index contributed by atoms with van der Waals surface area (Å²) in [6, 6.07) is 7.10. The molecule has 0 fully saturated rings. The number of nitrogens with zero attached hydrogens (tertiary/aromatic N) is 2. The molecular formula is C13H10N4O2S. The van der Waals surface area contributed by atoms with Crippen LogP contribution >= 0.6 is 11.3 Å². The number of anilines is 2. The minimum absolute atomic E-state index is 0.00404. The molecule has 0 saturated carbocycles. The fraction of sp³-hybridized carbons (Fsp3) is 0. The number of rotatable bonds is 2. The van der Waals surface area contributed by atoms with Crippen LogP contribution in [0.1, 0.15) is 10.4 Å². The van der Waals surface area contributed by atoms with E-state index in [1.807, 2.05) is 18.2 Å². The van der Waals surface area contributed by atoms with Crippen molar-refractivity contribution < 1.29 is 9.90 Å². The molecule has 20 heavy (non-hydrogen) atoms. The van der Waals surface area contributed by atoms with Crippen molar-refractivity contribution in [2.45, 2.75) is 0 Å². The predicted molar refractivity (Wildman–Crippen MR) is 78.6 cm³/mol. The third kappa shape index (κ3) is 2.04. The first-order valence-corrected chi connectivity index (χ1v) is 6.51. The fourth-order valence-electron chi connectivity index (χ4n) is 1.93. The number of nitrogens with two attached hydrogens (primary N) is 2. The van der Waals surface area contributed by atoms with E-state index in [-0.39, 0.29) is 11.4 Å². The van der Waals surface area contributed by atoms with Gasteiger partial charge in [-0.05, 0) is 23.8 Å². The maximum atomic E-state index is 11.1. The van der Waals surface area contributed by atoms with Gasteiger partial charge < -0.3 is 16.6 Å². The SMILES string of the molecule is Nc1nc2ccc(-c3cnc(N)c(C(=O)O)c3)cc2s1. The highest BCUT2D eigenvalue weighted by Crippen LogP contribution is 2.29. The number of carboxylic acids is 1. The molecule has 0 unspecified atom stereocenters. The second kappa shape index (κ2) is 4.46. The number of hydrogen-bond acceptors (Lipinski definition) is 6. The molecule has 7 heteroatoms. The zero-order valence-corrected chi connectivity index (χ0v) is 11.0. The van der Waals surface area contributed by atoms with Crippen molar-refractivity contribution in [3.05, 3.63) is 36.0 Å². The van der Waals surface area contributed by atoms with Gasteiger partial charge >= 0.3 is 5.97 Å². The molecule has 0 amide bonds. The standard InChI is InChI=1S/C13H10N4O2S/c14-11-8(12(18)19)3-7(5-16-11)6-1-2-9-10(4-6)20-13(15)17-9/h1-5H,(H2,14,16)(H2,15,17)(H,18,19). The molecule has 1 aromatic carbocycles. The Morgan fingerprint density at radius 3 is 2.75 bits per heavy atom. The molecule has 5 N–H and O–H groups in total. The number of fused-ring (bicyclic) bond motifs is 1. The van der Waals surface area contributed by atoms with Crippen molar-refractivity contribution in [2.75, 3.05) is 11.5 Å². The molecule has 0 aliphatic rings. The zero-order valence-electron chi connectivity index (χ0n) is 10.2. The van der Waals surface area contributed by atoms with E-state index in [1.165, 1.54) is 17.4 Å². The molecule has 0 atom stereocenters. The summed E-state index contributed by atoms with van der Waals surface area (Å²) < 4.78 is 0.939. The van der Waals surface area contributed by atoms with Crippen molar-refractivity contribution in [1.29, 1.82) is 0 Å². The molecule has 0 aliphatic carbocycles. The molecule has 6 nitrogen and oxygen atoms in total. The van der Waals surface area contributed by atoms with E-state index in [0.29, 0.717) is 10.7 Å². The van der Waals surface area contributed by atoms with Crippen LogP contribution in [-0.2, 0) is 0 Å². The first-order valence-electron chi connectivity index (χ1n) is 5.70. The summed E-state index contributed by atoms with van der Waals surface area (Å²) in [5, 5.41) is 9.57. The number of pyridine rings is 1. The molecule has 0 spiro atoms. The van der Waals surface area contributed by atoms with E-state index in [4.69, 9.17) is 16.6 Å². The van der Waals surface area contributed by atoms with Gasteiger partial charge in [-0.25, -0.2) is 14.8 Å². The average molecular weight is 286 g/mol. The smallest absolute Gasteiger partial charge is 0.339 e. The normalized spacial score (nSPS) is 10.8. The number of benzene rings is 1. The van der Waals surface area contributed by atoms with Gasteiger partial charge in [0.25, 0.3) is 0 Å². The van der Waals surface area contributed by atoms with E-state index in [9.17, 15) is 4.79 Å². The Bertz CT molecular complexity index is 828. The van der Waals surface area contributed by atoms with E-state index < -0.39 is 5.97 Å². The Morgan fingerprint density at radius 2 is 2.00 bits per heavy atom. The summed E-state index contributed by atoms with van der Waals surface area (Å²) in [4.78, 5) is 19.2. The van der Waals surface area contributed by atoms with Crippen LogP contribution in [0.15, 0.2) is 30.5 Å². The van der Waals surface area contributed by atoms with Gasteiger partial charge in [0.2, 0.25) is 0 Å². The topological polar surface area (TPSA) is 115 Å². The van der Waals surface area contributed by atoms with Crippen LogP contribution in [0.4, 0.5) is 10.9 Å². The van der Waals surface area contributed by atoms with Gasteiger partial charge in [0.1, 0.15) is 11.4 Å². The molecule has 0 bridgehead atoms. The molecule has 2 heterocycles. The lowest BCUT2D eigenvalue weighted by Gasteiger charge is -2.05. The minimum atomic E-state index is -1.10. The molecule has 3 aromatic rings. The molecule has 0 aliphatic heterocycles. The fourth-order valence-corrected chi connectivity index (χ4v) is 2.70. The van der Waals surface area contributed by atoms with Gasteiger partial charge in [-0.1, -0.05) is 17.4 Å². The maximum absolute atomic E-state index is 11.1. The summed E-state index contributed by atoms with van der Waals surface area (Å²) >= 11 is 1.38. The number of carbonyl (C=O) groups is 1. The Kier molecular flexibility index (Phi) is 2.76. The van der Waals surface area contributed by atoms with Gasteiger partial charge in [-0.15, -0.1) is 0 Å². The number of thiazole rings is 1. The van der Waals surface area contributed by atoms with Crippen molar-refractivity contribution in [1.82, 2.24) is 9.97 Å². The predicted octanol–water partition coefficient (Wildman–Crippen LogP) is 2.22. The van der Waals surface area contributed by atoms with Crippen LogP contribution in [0.2, 0.25) is 0 Å². The number of nitrogen functional groups attached to an aromatic ring is 2. The quantitative estimate of drug-likeness (QED) is 0.665. The van der Waals surface area contributed by atoms with Crippen molar-refractivity contribution in [2.24, 2.45) is 0 Å². The van der Waals surface area contributed by atoms with E-state index >= 15 is 0 Å². The van der Waals surface area contributed by atoms with Crippen LogP contribution in [0, 0.1) is 0 Å². The van der Waals surface area contributed by atoms with E-state index in [1.54, 1.807) is 6.20 Å². The van der Waals surface area contributed by atoms with Crippen LogP contribution in [0.3, 0.4) is 0 Å².